The first-order valence-electron chi connectivity index (χ1n) is 9.12. The minimum absolute atomic E-state index is 0.0938. The molecule has 1 aliphatic heterocycles. The van der Waals surface area contributed by atoms with Gasteiger partial charge in [-0.2, -0.15) is 0 Å². The zero-order valence-electron chi connectivity index (χ0n) is 15.9. The van der Waals surface area contributed by atoms with Crippen LogP contribution in [0.4, 0.5) is 10.1 Å². The lowest BCUT2D eigenvalue weighted by Crippen LogP contribution is -2.29. The quantitative estimate of drug-likeness (QED) is 0.406. The van der Waals surface area contributed by atoms with Gasteiger partial charge in [-0.1, -0.05) is 18.2 Å². The van der Waals surface area contributed by atoms with E-state index in [0.717, 1.165) is 0 Å². The van der Waals surface area contributed by atoms with Crippen LogP contribution in [0.1, 0.15) is 17.2 Å². The summed E-state index contributed by atoms with van der Waals surface area (Å²) in [5, 5.41) is 10.9. The SMILES string of the molecule is COc1cccc(C2/C(=C(\O)c3ccncc3)C(=O)C(=O)N2c2cccc(F)c2)c1. The van der Waals surface area contributed by atoms with Gasteiger partial charge in [0.25, 0.3) is 11.7 Å². The fraction of sp³-hybridized carbons (Fsp3) is 0.0870. The summed E-state index contributed by atoms with van der Waals surface area (Å²) in [5.74, 6) is -2.08. The van der Waals surface area contributed by atoms with Gasteiger partial charge in [0.15, 0.2) is 0 Å². The van der Waals surface area contributed by atoms with Crippen LogP contribution in [0.3, 0.4) is 0 Å². The molecular formula is C23H17FN2O4. The fourth-order valence-electron chi connectivity index (χ4n) is 3.52. The van der Waals surface area contributed by atoms with Gasteiger partial charge in [-0.15, -0.1) is 0 Å². The van der Waals surface area contributed by atoms with Crippen LogP contribution >= 0.6 is 0 Å². The number of hydrogen-bond donors (Lipinski definition) is 1. The normalized spacial score (nSPS) is 17.9. The molecule has 0 saturated carbocycles. The maximum Gasteiger partial charge on any atom is 0.300 e. The molecule has 1 N–H and O–H groups in total. The van der Waals surface area contributed by atoms with Crippen molar-refractivity contribution >= 4 is 23.1 Å². The number of Topliss-reactive ketones (excluding diaryl/α,β-unsaturated/α-hetero) is 1. The number of aliphatic hydroxyl groups is 1. The van der Waals surface area contributed by atoms with E-state index in [9.17, 15) is 19.1 Å². The van der Waals surface area contributed by atoms with E-state index in [1.54, 1.807) is 24.3 Å². The van der Waals surface area contributed by atoms with Crippen LogP contribution < -0.4 is 9.64 Å². The van der Waals surface area contributed by atoms with Gasteiger partial charge in [0.1, 0.15) is 17.3 Å². The van der Waals surface area contributed by atoms with E-state index in [0.29, 0.717) is 16.9 Å². The lowest BCUT2D eigenvalue weighted by molar-refractivity contribution is -0.132. The second kappa shape index (κ2) is 7.79. The number of hydrogen-bond acceptors (Lipinski definition) is 5. The molecule has 0 spiro atoms. The molecule has 1 saturated heterocycles. The Kier molecular flexibility index (Phi) is 5.02. The van der Waals surface area contributed by atoms with Gasteiger partial charge in [0, 0.05) is 23.6 Å². The number of rotatable bonds is 4. The number of aromatic nitrogens is 1. The Labute approximate surface area is 171 Å². The topological polar surface area (TPSA) is 79.7 Å². The molecule has 1 aliphatic rings. The Morgan fingerprint density at radius 3 is 2.50 bits per heavy atom. The van der Waals surface area contributed by atoms with Crippen LogP contribution in [0.5, 0.6) is 5.75 Å². The van der Waals surface area contributed by atoms with Crippen LogP contribution in [-0.2, 0) is 9.59 Å². The number of ketones is 1. The first-order chi connectivity index (χ1) is 14.5. The third kappa shape index (κ3) is 3.30. The van der Waals surface area contributed by atoms with Crippen LogP contribution in [0, 0.1) is 5.82 Å². The van der Waals surface area contributed by atoms with Crippen LogP contribution in [0.2, 0.25) is 0 Å². The summed E-state index contributed by atoms with van der Waals surface area (Å²) in [6, 6.07) is 14.3. The molecule has 1 fully saturated rings. The predicted octanol–water partition coefficient (Wildman–Crippen LogP) is 3.86. The molecule has 0 aliphatic carbocycles. The second-order valence-electron chi connectivity index (χ2n) is 6.66. The number of anilines is 1. The molecule has 4 rings (SSSR count). The van der Waals surface area contributed by atoms with E-state index in [1.807, 2.05) is 0 Å². The summed E-state index contributed by atoms with van der Waals surface area (Å²) in [6.45, 7) is 0. The Hall–Kier alpha value is -4.00. The van der Waals surface area contributed by atoms with Gasteiger partial charge < -0.3 is 9.84 Å². The van der Waals surface area contributed by atoms with Gasteiger partial charge in [-0.05, 0) is 48.0 Å². The third-order valence-corrected chi connectivity index (χ3v) is 4.89. The molecule has 6 nitrogen and oxygen atoms in total. The number of carbonyl (C=O) groups is 2. The summed E-state index contributed by atoms with van der Waals surface area (Å²) >= 11 is 0. The Balaban J connectivity index is 1.97. The maximum absolute atomic E-state index is 13.9. The molecule has 3 aromatic rings. The van der Waals surface area contributed by atoms with Crippen molar-refractivity contribution in [1.82, 2.24) is 4.98 Å². The summed E-state index contributed by atoms with van der Waals surface area (Å²) < 4.78 is 19.2. The summed E-state index contributed by atoms with van der Waals surface area (Å²) in [7, 11) is 1.50. The van der Waals surface area contributed by atoms with Gasteiger partial charge >= 0.3 is 0 Å². The smallest absolute Gasteiger partial charge is 0.300 e. The van der Waals surface area contributed by atoms with Crippen molar-refractivity contribution in [3.8, 4) is 5.75 Å². The molecule has 2 heterocycles. The average Bonchev–Trinajstić information content (AvgIpc) is 3.04. The second-order valence-corrected chi connectivity index (χ2v) is 6.66. The number of halogens is 1. The van der Waals surface area contributed by atoms with Crippen molar-refractivity contribution in [3.05, 3.63) is 95.6 Å². The van der Waals surface area contributed by atoms with E-state index >= 15 is 0 Å². The molecule has 30 heavy (non-hydrogen) atoms. The predicted molar refractivity (Wildman–Crippen MR) is 108 cm³/mol. The molecule has 1 amide bonds. The molecule has 1 aromatic heterocycles. The fourth-order valence-corrected chi connectivity index (χ4v) is 3.52. The summed E-state index contributed by atoms with van der Waals surface area (Å²) in [6.07, 6.45) is 2.94. The minimum atomic E-state index is -0.963. The van der Waals surface area contributed by atoms with Crippen molar-refractivity contribution in [2.45, 2.75) is 6.04 Å². The molecular weight excluding hydrogens is 387 g/mol. The van der Waals surface area contributed by atoms with Gasteiger partial charge in [-0.25, -0.2) is 4.39 Å². The van der Waals surface area contributed by atoms with E-state index in [-0.39, 0.29) is 17.0 Å². The number of aliphatic hydroxyl groups excluding tert-OH is 1. The monoisotopic (exact) mass is 404 g/mol. The zero-order chi connectivity index (χ0) is 21.3. The van der Waals surface area contributed by atoms with Gasteiger partial charge in [-0.3, -0.25) is 19.5 Å². The standard InChI is InChI=1S/C23H17FN2O4/c1-30-18-7-2-4-15(12-18)20-19(21(27)14-8-10-25-11-9-14)22(28)23(29)26(20)17-6-3-5-16(24)13-17/h2-13,20,27H,1H3/b21-19+. The molecule has 0 radical (unpaired) electrons. The highest BCUT2D eigenvalue weighted by atomic mass is 19.1. The van der Waals surface area contributed by atoms with E-state index in [1.165, 1.54) is 60.8 Å². The lowest BCUT2D eigenvalue weighted by Gasteiger charge is -2.25. The molecule has 2 aromatic carbocycles. The number of amides is 1. The van der Waals surface area contributed by atoms with Gasteiger partial charge in [0.05, 0.1) is 18.7 Å². The number of pyridine rings is 1. The summed E-state index contributed by atoms with van der Waals surface area (Å²) in [4.78, 5) is 31.0. The maximum atomic E-state index is 13.9. The molecule has 1 unspecified atom stereocenters. The van der Waals surface area contributed by atoms with E-state index < -0.39 is 23.5 Å². The minimum Gasteiger partial charge on any atom is -0.507 e. The average molecular weight is 404 g/mol. The van der Waals surface area contributed by atoms with Crippen LogP contribution in [-0.4, -0.2) is 28.9 Å². The zero-order valence-corrected chi connectivity index (χ0v) is 15.9. The molecule has 150 valence electrons. The lowest BCUT2D eigenvalue weighted by atomic mass is 9.95. The van der Waals surface area contributed by atoms with Gasteiger partial charge in [0.2, 0.25) is 0 Å². The molecule has 0 bridgehead atoms. The Morgan fingerprint density at radius 1 is 1.07 bits per heavy atom. The van der Waals surface area contributed by atoms with Crippen LogP contribution in [0.15, 0.2) is 78.6 Å². The van der Waals surface area contributed by atoms with E-state index in [4.69, 9.17) is 4.74 Å². The van der Waals surface area contributed by atoms with Crippen molar-refractivity contribution in [2.75, 3.05) is 12.0 Å². The number of carbonyl (C=O) groups excluding carboxylic acids is 2. The largest absolute Gasteiger partial charge is 0.507 e. The van der Waals surface area contributed by atoms with E-state index in [2.05, 4.69) is 4.98 Å². The molecule has 7 heteroatoms. The summed E-state index contributed by atoms with van der Waals surface area (Å²) in [5.41, 5.74) is 0.992. The van der Waals surface area contributed by atoms with Crippen LogP contribution in [0.25, 0.3) is 5.76 Å². The highest BCUT2D eigenvalue weighted by Crippen LogP contribution is 2.42. The van der Waals surface area contributed by atoms with Crippen molar-refractivity contribution < 1.29 is 23.8 Å². The molecule has 1 atom stereocenters. The number of ether oxygens (including phenoxy) is 1. The van der Waals surface area contributed by atoms with Crippen molar-refractivity contribution in [3.63, 3.8) is 0 Å². The highest BCUT2D eigenvalue weighted by molar-refractivity contribution is 6.51. The van der Waals surface area contributed by atoms with Crippen molar-refractivity contribution in [2.24, 2.45) is 0 Å². The number of methoxy groups -OCH3 is 1. The Morgan fingerprint density at radius 2 is 1.80 bits per heavy atom. The highest BCUT2D eigenvalue weighted by Gasteiger charge is 2.47. The number of benzene rings is 2. The third-order valence-electron chi connectivity index (χ3n) is 4.89. The van der Waals surface area contributed by atoms with Crippen molar-refractivity contribution in [1.29, 1.82) is 0 Å². The first-order valence-corrected chi connectivity index (χ1v) is 9.12. The first kappa shape index (κ1) is 19.3. The Bertz CT molecular complexity index is 1160. The number of nitrogens with zero attached hydrogens (tertiary/aromatic N) is 2.